The number of nitrogens with one attached hydrogen (secondary N) is 1. The minimum atomic E-state index is -0.0825. The molecular weight excluding hydrogens is 250 g/mol. The summed E-state index contributed by atoms with van der Waals surface area (Å²) in [4.78, 5) is 15.2. The molecule has 0 aliphatic rings. The van der Waals surface area contributed by atoms with Crippen molar-refractivity contribution in [3.63, 3.8) is 0 Å². The van der Waals surface area contributed by atoms with Crippen LogP contribution in [0.3, 0.4) is 0 Å². The second-order valence-corrected chi connectivity index (χ2v) is 4.70. The van der Waals surface area contributed by atoms with Gasteiger partial charge in [-0.15, -0.1) is 0 Å². The van der Waals surface area contributed by atoms with Gasteiger partial charge in [-0.05, 0) is 18.6 Å². The van der Waals surface area contributed by atoms with Crippen LogP contribution < -0.4 is 10.3 Å². The smallest absolute Gasteiger partial charge is 0.252 e. The van der Waals surface area contributed by atoms with E-state index in [9.17, 15) is 4.79 Å². The molecule has 0 bridgehead atoms. The number of rotatable bonds is 2. The van der Waals surface area contributed by atoms with Gasteiger partial charge < -0.3 is 9.72 Å². The quantitative estimate of drug-likeness (QED) is 0.770. The number of hydrogen-bond acceptors (Lipinski definition) is 2. The van der Waals surface area contributed by atoms with E-state index < -0.39 is 0 Å². The number of hydrogen-bond donors (Lipinski definition) is 1. The topological polar surface area (TPSA) is 42.1 Å². The number of H-pyrrole nitrogens is 1. The van der Waals surface area contributed by atoms with Gasteiger partial charge in [0.2, 0.25) is 0 Å². The second kappa shape index (κ2) is 4.85. The number of aromatic amines is 1. The maximum atomic E-state index is 12.2. The summed E-state index contributed by atoms with van der Waals surface area (Å²) in [6, 6.07) is 15.7. The molecule has 3 heteroatoms. The summed E-state index contributed by atoms with van der Waals surface area (Å²) in [5.74, 6) is 0.725. The highest BCUT2D eigenvalue weighted by Crippen LogP contribution is 2.32. The zero-order chi connectivity index (χ0) is 14.1. The van der Waals surface area contributed by atoms with Gasteiger partial charge in [-0.1, -0.05) is 42.5 Å². The lowest BCUT2D eigenvalue weighted by atomic mass is 10.0. The molecule has 3 nitrogen and oxygen atoms in total. The van der Waals surface area contributed by atoms with Crippen LogP contribution in [0, 0.1) is 6.92 Å². The predicted octanol–water partition coefficient (Wildman–Crippen LogP) is 3.51. The van der Waals surface area contributed by atoms with Crippen LogP contribution in [-0.2, 0) is 0 Å². The minimum Gasteiger partial charge on any atom is -0.496 e. The Hall–Kier alpha value is -2.55. The van der Waals surface area contributed by atoms with Crippen molar-refractivity contribution >= 4 is 10.8 Å². The van der Waals surface area contributed by atoms with E-state index in [4.69, 9.17) is 4.74 Å². The minimum absolute atomic E-state index is 0.0825. The molecule has 1 aromatic heterocycles. The van der Waals surface area contributed by atoms with Crippen LogP contribution in [0.2, 0.25) is 0 Å². The summed E-state index contributed by atoms with van der Waals surface area (Å²) in [6.45, 7) is 1.82. The fourth-order valence-electron chi connectivity index (χ4n) is 2.52. The molecule has 0 aliphatic heterocycles. The Morgan fingerprint density at radius 3 is 2.45 bits per heavy atom. The van der Waals surface area contributed by atoms with Gasteiger partial charge in [0, 0.05) is 16.3 Å². The Morgan fingerprint density at radius 2 is 1.75 bits per heavy atom. The molecule has 0 aliphatic carbocycles. The van der Waals surface area contributed by atoms with Crippen LogP contribution in [0.15, 0.2) is 53.3 Å². The number of pyridine rings is 1. The van der Waals surface area contributed by atoms with Crippen LogP contribution >= 0.6 is 0 Å². The first kappa shape index (κ1) is 12.5. The highest BCUT2D eigenvalue weighted by Gasteiger charge is 2.12. The van der Waals surface area contributed by atoms with Crippen molar-refractivity contribution in [2.24, 2.45) is 0 Å². The van der Waals surface area contributed by atoms with Gasteiger partial charge in [0.1, 0.15) is 5.75 Å². The third kappa shape index (κ3) is 1.88. The molecular formula is C17H15NO2. The van der Waals surface area contributed by atoms with Gasteiger partial charge in [0.15, 0.2) is 0 Å². The molecule has 2 aromatic carbocycles. The molecule has 20 heavy (non-hydrogen) atoms. The number of benzene rings is 2. The summed E-state index contributed by atoms with van der Waals surface area (Å²) in [5, 5.41) is 1.87. The molecule has 0 amide bonds. The number of methoxy groups -OCH3 is 1. The van der Waals surface area contributed by atoms with Gasteiger partial charge in [0.25, 0.3) is 5.56 Å². The van der Waals surface area contributed by atoms with Crippen molar-refractivity contribution in [1.82, 2.24) is 4.98 Å². The normalized spacial score (nSPS) is 10.7. The fraction of sp³-hybridized carbons (Fsp3) is 0.118. The molecule has 1 N–H and O–H groups in total. The van der Waals surface area contributed by atoms with E-state index in [2.05, 4.69) is 4.98 Å². The Kier molecular flexibility index (Phi) is 3.03. The zero-order valence-electron chi connectivity index (χ0n) is 11.4. The molecule has 1 heterocycles. The van der Waals surface area contributed by atoms with E-state index in [0.717, 1.165) is 27.8 Å². The first-order valence-corrected chi connectivity index (χ1v) is 6.47. The fourth-order valence-corrected chi connectivity index (χ4v) is 2.52. The molecule has 0 atom stereocenters. The third-order valence-electron chi connectivity index (χ3n) is 3.53. The number of aromatic nitrogens is 1. The molecule has 3 aromatic rings. The van der Waals surface area contributed by atoms with E-state index in [0.29, 0.717) is 5.56 Å². The molecule has 0 radical (unpaired) electrons. The van der Waals surface area contributed by atoms with Crippen LogP contribution in [0.5, 0.6) is 5.75 Å². The molecule has 0 saturated heterocycles. The van der Waals surface area contributed by atoms with E-state index in [1.165, 1.54) is 0 Å². The first-order valence-electron chi connectivity index (χ1n) is 6.47. The summed E-state index contributed by atoms with van der Waals surface area (Å²) < 4.78 is 5.40. The largest absolute Gasteiger partial charge is 0.496 e. The lowest BCUT2D eigenvalue weighted by Crippen LogP contribution is -2.11. The first-order chi connectivity index (χ1) is 9.72. The predicted molar refractivity (Wildman–Crippen MR) is 81.3 cm³/mol. The highest BCUT2D eigenvalue weighted by molar-refractivity contribution is 5.99. The summed E-state index contributed by atoms with van der Waals surface area (Å²) in [5.41, 5.74) is 2.41. The maximum Gasteiger partial charge on any atom is 0.252 e. The number of aryl methyl sites for hydroxylation is 1. The van der Waals surface area contributed by atoms with Gasteiger partial charge in [-0.3, -0.25) is 4.79 Å². The van der Waals surface area contributed by atoms with Crippen molar-refractivity contribution in [2.45, 2.75) is 6.92 Å². The van der Waals surface area contributed by atoms with E-state index in [1.54, 1.807) is 7.11 Å². The Bertz CT molecular complexity index is 820. The van der Waals surface area contributed by atoms with Crippen LogP contribution in [-0.4, -0.2) is 12.1 Å². The van der Waals surface area contributed by atoms with E-state index in [1.807, 2.05) is 55.5 Å². The average molecular weight is 265 g/mol. The highest BCUT2D eigenvalue weighted by atomic mass is 16.5. The zero-order valence-corrected chi connectivity index (χ0v) is 11.4. The van der Waals surface area contributed by atoms with E-state index >= 15 is 0 Å². The van der Waals surface area contributed by atoms with Crippen molar-refractivity contribution in [3.8, 4) is 17.0 Å². The monoisotopic (exact) mass is 265 g/mol. The van der Waals surface area contributed by atoms with Crippen LogP contribution in [0.4, 0.5) is 0 Å². The molecule has 3 rings (SSSR count). The van der Waals surface area contributed by atoms with Crippen molar-refractivity contribution < 1.29 is 4.74 Å². The lowest BCUT2D eigenvalue weighted by Gasteiger charge is -2.12. The summed E-state index contributed by atoms with van der Waals surface area (Å²) in [7, 11) is 1.62. The lowest BCUT2D eigenvalue weighted by molar-refractivity contribution is 0.419. The van der Waals surface area contributed by atoms with Gasteiger partial charge >= 0.3 is 0 Å². The maximum absolute atomic E-state index is 12.2. The van der Waals surface area contributed by atoms with Crippen LogP contribution in [0.25, 0.3) is 22.0 Å². The molecule has 0 unspecified atom stereocenters. The molecule has 100 valence electrons. The average Bonchev–Trinajstić information content (AvgIpc) is 2.51. The third-order valence-corrected chi connectivity index (χ3v) is 3.53. The molecule has 0 spiro atoms. The number of ether oxygens (including phenoxy) is 1. The Labute approximate surface area is 116 Å². The molecule has 0 saturated carbocycles. The van der Waals surface area contributed by atoms with Crippen molar-refractivity contribution in [1.29, 1.82) is 0 Å². The standard InChI is InChI=1S/C17H15NO2/c1-11-15-13(9-6-10-14(15)20-2)16(18-17(11)19)12-7-4-3-5-8-12/h3-10H,1-2H3,(H,18,19). The van der Waals surface area contributed by atoms with Crippen molar-refractivity contribution in [3.05, 3.63) is 64.4 Å². The van der Waals surface area contributed by atoms with Crippen molar-refractivity contribution in [2.75, 3.05) is 7.11 Å². The molecule has 0 fully saturated rings. The van der Waals surface area contributed by atoms with Gasteiger partial charge in [-0.2, -0.15) is 0 Å². The summed E-state index contributed by atoms with van der Waals surface area (Å²) in [6.07, 6.45) is 0. The number of fused-ring (bicyclic) bond motifs is 1. The van der Waals surface area contributed by atoms with Crippen LogP contribution in [0.1, 0.15) is 5.56 Å². The second-order valence-electron chi connectivity index (χ2n) is 4.70. The summed E-state index contributed by atoms with van der Waals surface area (Å²) >= 11 is 0. The Morgan fingerprint density at radius 1 is 1.00 bits per heavy atom. The Balaban J connectivity index is 2.46. The SMILES string of the molecule is COc1cccc2c(-c3ccccc3)[nH]c(=O)c(C)c12. The van der Waals surface area contributed by atoms with Gasteiger partial charge in [-0.25, -0.2) is 0 Å². The van der Waals surface area contributed by atoms with E-state index in [-0.39, 0.29) is 5.56 Å². The van der Waals surface area contributed by atoms with Gasteiger partial charge in [0.05, 0.1) is 12.8 Å².